The van der Waals surface area contributed by atoms with Crippen molar-refractivity contribution in [2.24, 2.45) is 0 Å². The molecule has 0 N–H and O–H groups in total. The minimum absolute atomic E-state index is 0.462. The van der Waals surface area contributed by atoms with Gasteiger partial charge in [0, 0.05) is 5.56 Å². The lowest BCUT2D eigenvalue weighted by atomic mass is 10.1. The molecule has 0 saturated heterocycles. The van der Waals surface area contributed by atoms with Crippen LogP contribution in [0.1, 0.15) is 11.4 Å². The second-order valence-corrected chi connectivity index (χ2v) is 3.76. The molecule has 1 heterocycles. The van der Waals surface area contributed by atoms with Crippen LogP contribution in [0.2, 0.25) is 5.15 Å². The molecule has 3 heteroatoms. The molecule has 0 aliphatic carbocycles. The Hall–Kier alpha value is -1.41. The molecule has 0 bridgehead atoms. The van der Waals surface area contributed by atoms with E-state index in [9.17, 15) is 0 Å². The van der Waals surface area contributed by atoms with Gasteiger partial charge in [0.1, 0.15) is 5.69 Å². The molecule has 0 amide bonds. The second-order valence-electron chi connectivity index (χ2n) is 3.40. The molecule has 0 fully saturated rings. The van der Waals surface area contributed by atoms with Gasteiger partial charge in [-0.2, -0.15) is 0 Å². The fraction of sp³-hybridized carbons (Fsp3) is 0.167. The summed E-state index contributed by atoms with van der Waals surface area (Å²) in [5.74, 6) is 0. The van der Waals surface area contributed by atoms with Gasteiger partial charge in [-0.15, -0.1) is 0 Å². The Kier molecular flexibility index (Phi) is 2.69. The van der Waals surface area contributed by atoms with Crippen molar-refractivity contribution in [3.05, 3.63) is 46.9 Å². The summed E-state index contributed by atoms with van der Waals surface area (Å²) in [6.45, 7) is 3.84. The van der Waals surface area contributed by atoms with Gasteiger partial charge in [-0.3, -0.25) is 0 Å². The van der Waals surface area contributed by atoms with E-state index in [0.717, 1.165) is 22.6 Å². The van der Waals surface area contributed by atoms with E-state index >= 15 is 0 Å². The van der Waals surface area contributed by atoms with Crippen LogP contribution in [0.3, 0.4) is 0 Å². The monoisotopic (exact) mass is 218 g/mol. The molecule has 2 aromatic rings. The maximum atomic E-state index is 6.06. The van der Waals surface area contributed by atoms with E-state index < -0.39 is 0 Å². The summed E-state index contributed by atoms with van der Waals surface area (Å²) in [5, 5.41) is 0.462. The first-order valence-corrected chi connectivity index (χ1v) is 5.12. The first kappa shape index (κ1) is 10.1. The first-order chi connectivity index (χ1) is 7.18. The lowest BCUT2D eigenvalue weighted by Crippen LogP contribution is -1.96. The van der Waals surface area contributed by atoms with E-state index in [1.54, 1.807) is 0 Å². The highest BCUT2D eigenvalue weighted by molar-refractivity contribution is 6.31. The lowest BCUT2D eigenvalue weighted by molar-refractivity contribution is 1.05. The molecule has 1 aromatic carbocycles. The molecule has 15 heavy (non-hydrogen) atoms. The van der Waals surface area contributed by atoms with Gasteiger partial charge in [-0.25, -0.2) is 9.97 Å². The van der Waals surface area contributed by atoms with Gasteiger partial charge in [0.05, 0.1) is 11.4 Å². The average Bonchev–Trinajstić information content (AvgIpc) is 2.25. The number of halogens is 1. The van der Waals surface area contributed by atoms with E-state index in [2.05, 4.69) is 9.97 Å². The van der Waals surface area contributed by atoms with E-state index in [1.807, 2.05) is 44.2 Å². The van der Waals surface area contributed by atoms with Crippen LogP contribution >= 0.6 is 11.6 Å². The number of benzene rings is 1. The van der Waals surface area contributed by atoms with Crippen LogP contribution in [0, 0.1) is 13.8 Å². The van der Waals surface area contributed by atoms with Gasteiger partial charge in [-0.05, 0) is 13.8 Å². The van der Waals surface area contributed by atoms with Gasteiger partial charge in [0.15, 0.2) is 5.15 Å². The Morgan fingerprint density at radius 3 is 2.20 bits per heavy atom. The van der Waals surface area contributed by atoms with Crippen molar-refractivity contribution in [1.82, 2.24) is 9.97 Å². The molecule has 0 aliphatic heterocycles. The summed E-state index contributed by atoms with van der Waals surface area (Å²) < 4.78 is 0. The number of aromatic nitrogens is 2. The molecule has 0 saturated carbocycles. The summed E-state index contributed by atoms with van der Waals surface area (Å²) in [4.78, 5) is 8.70. The molecule has 0 unspecified atom stereocenters. The normalized spacial score (nSPS) is 10.3. The second kappa shape index (κ2) is 3.99. The highest BCUT2D eigenvalue weighted by atomic mass is 35.5. The Labute approximate surface area is 94.0 Å². The molecule has 0 aliphatic rings. The summed E-state index contributed by atoms with van der Waals surface area (Å²) in [6, 6.07) is 9.84. The van der Waals surface area contributed by atoms with Crippen molar-refractivity contribution in [2.45, 2.75) is 13.8 Å². The Bertz CT molecular complexity index is 480. The third-order valence-corrected chi connectivity index (χ3v) is 2.58. The quantitative estimate of drug-likeness (QED) is 0.733. The molecule has 0 atom stereocenters. The Morgan fingerprint density at radius 1 is 0.933 bits per heavy atom. The van der Waals surface area contributed by atoms with E-state index in [4.69, 9.17) is 11.6 Å². The lowest BCUT2D eigenvalue weighted by Gasteiger charge is -2.06. The van der Waals surface area contributed by atoms with Crippen molar-refractivity contribution >= 4 is 11.6 Å². The number of nitrogens with zero attached hydrogens (tertiary/aromatic N) is 2. The van der Waals surface area contributed by atoms with Crippen LogP contribution in [-0.4, -0.2) is 9.97 Å². The van der Waals surface area contributed by atoms with Crippen LogP contribution in [0.4, 0.5) is 0 Å². The molecular weight excluding hydrogens is 208 g/mol. The van der Waals surface area contributed by atoms with Crippen molar-refractivity contribution in [1.29, 1.82) is 0 Å². The first-order valence-electron chi connectivity index (χ1n) is 4.74. The highest BCUT2D eigenvalue weighted by Crippen LogP contribution is 2.24. The van der Waals surface area contributed by atoms with Crippen LogP contribution in [0.5, 0.6) is 0 Å². The van der Waals surface area contributed by atoms with Gasteiger partial charge < -0.3 is 0 Å². The number of hydrogen-bond acceptors (Lipinski definition) is 2. The molecular formula is C12H11ClN2. The molecule has 1 aromatic heterocycles. The smallest absolute Gasteiger partial charge is 0.155 e. The number of hydrogen-bond donors (Lipinski definition) is 0. The third kappa shape index (κ3) is 2.00. The third-order valence-electron chi connectivity index (χ3n) is 2.31. The van der Waals surface area contributed by atoms with Crippen molar-refractivity contribution in [3.63, 3.8) is 0 Å². The average molecular weight is 219 g/mol. The van der Waals surface area contributed by atoms with Gasteiger partial charge in [0.25, 0.3) is 0 Å². The fourth-order valence-electron chi connectivity index (χ4n) is 1.36. The number of aryl methyl sites for hydroxylation is 2. The van der Waals surface area contributed by atoms with Crippen molar-refractivity contribution in [3.8, 4) is 11.3 Å². The maximum absolute atomic E-state index is 6.06. The van der Waals surface area contributed by atoms with E-state index in [1.165, 1.54) is 0 Å². The van der Waals surface area contributed by atoms with Crippen LogP contribution in [0.25, 0.3) is 11.3 Å². The molecule has 76 valence electrons. The van der Waals surface area contributed by atoms with Crippen molar-refractivity contribution < 1.29 is 0 Å². The highest BCUT2D eigenvalue weighted by Gasteiger charge is 2.08. The maximum Gasteiger partial charge on any atom is 0.155 e. The summed E-state index contributed by atoms with van der Waals surface area (Å²) in [7, 11) is 0. The predicted molar refractivity (Wildman–Crippen MR) is 62.0 cm³/mol. The predicted octanol–water partition coefficient (Wildman–Crippen LogP) is 3.41. The van der Waals surface area contributed by atoms with Crippen LogP contribution in [-0.2, 0) is 0 Å². The Balaban J connectivity index is 2.59. The van der Waals surface area contributed by atoms with Crippen molar-refractivity contribution in [2.75, 3.05) is 0 Å². The minimum atomic E-state index is 0.462. The van der Waals surface area contributed by atoms with Crippen LogP contribution in [0.15, 0.2) is 30.3 Å². The zero-order valence-corrected chi connectivity index (χ0v) is 9.42. The van der Waals surface area contributed by atoms with Gasteiger partial charge >= 0.3 is 0 Å². The van der Waals surface area contributed by atoms with Gasteiger partial charge in [0.2, 0.25) is 0 Å². The van der Waals surface area contributed by atoms with Gasteiger partial charge in [-0.1, -0.05) is 41.9 Å². The number of rotatable bonds is 1. The van der Waals surface area contributed by atoms with Crippen LogP contribution < -0.4 is 0 Å². The Morgan fingerprint density at radius 2 is 1.53 bits per heavy atom. The zero-order valence-electron chi connectivity index (χ0n) is 8.66. The summed E-state index contributed by atoms with van der Waals surface area (Å²) >= 11 is 6.06. The summed E-state index contributed by atoms with van der Waals surface area (Å²) in [6.07, 6.45) is 0. The topological polar surface area (TPSA) is 25.8 Å². The van der Waals surface area contributed by atoms with E-state index in [-0.39, 0.29) is 0 Å². The standard InChI is InChI=1S/C12H11ClN2/c1-8-9(2)15-12(13)11(14-8)10-6-4-3-5-7-10/h3-7H,1-2H3. The molecule has 2 rings (SSSR count). The largest absolute Gasteiger partial charge is 0.248 e. The molecule has 0 spiro atoms. The van der Waals surface area contributed by atoms with E-state index in [0.29, 0.717) is 5.15 Å². The minimum Gasteiger partial charge on any atom is -0.248 e. The zero-order chi connectivity index (χ0) is 10.8. The molecule has 2 nitrogen and oxygen atoms in total. The molecule has 0 radical (unpaired) electrons. The SMILES string of the molecule is Cc1nc(Cl)c(-c2ccccc2)nc1C. The summed E-state index contributed by atoms with van der Waals surface area (Å²) in [5.41, 5.74) is 3.54. The fourth-order valence-corrected chi connectivity index (χ4v) is 1.63.